The summed E-state index contributed by atoms with van der Waals surface area (Å²) in [7, 11) is -4.67. The molecule has 0 rings (SSSR count). The van der Waals surface area contributed by atoms with Crippen molar-refractivity contribution in [2.75, 3.05) is 0 Å². The molecule has 0 amide bonds. The molecule has 0 aromatic rings. The van der Waals surface area contributed by atoms with Gasteiger partial charge in [-0.2, -0.15) is 8.42 Å². The fourth-order valence-corrected chi connectivity index (χ4v) is 0. The van der Waals surface area contributed by atoms with Crippen LogP contribution < -0.4 is 12.3 Å². The third-order valence-corrected chi connectivity index (χ3v) is 0. The van der Waals surface area contributed by atoms with Gasteiger partial charge in [0.05, 0.1) is 0 Å². The molecule has 10 heteroatoms. The summed E-state index contributed by atoms with van der Waals surface area (Å²) in [6, 6.07) is 0. The smallest absolute Gasteiger partial charge is 0.394 e. The SMILES string of the molecule is N.N.O.O.O=S(=O)(O)O.[AlH3]. The van der Waals surface area contributed by atoms with Crippen LogP contribution >= 0.6 is 0 Å². The van der Waals surface area contributed by atoms with E-state index in [1.54, 1.807) is 0 Å². The van der Waals surface area contributed by atoms with E-state index in [9.17, 15) is 0 Å². The van der Waals surface area contributed by atoms with Crippen molar-refractivity contribution < 1.29 is 28.5 Å². The van der Waals surface area contributed by atoms with E-state index in [1.165, 1.54) is 0 Å². The number of hydrogen-bond acceptors (Lipinski definition) is 4. The molecular weight excluding hydrogens is 183 g/mol. The summed E-state index contributed by atoms with van der Waals surface area (Å²) in [6.45, 7) is 0. The van der Waals surface area contributed by atoms with E-state index in [2.05, 4.69) is 0 Å². The molecule has 0 saturated carbocycles. The van der Waals surface area contributed by atoms with Crippen LogP contribution in [0.3, 0.4) is 0 Å². The predicted molar refractivity (Wildman–Crippen MR) is 41.4 cm³/mol. The minimum atomic E-state index is -4.67. The van der Waals surface area contributed by atoms with Crippen LogP contribution in [0.15, 0.2) is 0 Å². The second-order valence-electron chi connectivity index (χ2n) is 0.448. The van der Waals surface area contributed by atoms with E-state index >= 15 is 0 Å². The predicted octanol–water partition coefficient (Wildman–Crippen LogP) is -3.16. The van der Waals surface area contributed by atoms with Gasteiger partial charge in [-0.3, -0.25) is 9.11 Å². The zero-order valence-corrected chi connectivity index (χ0v) is 5.35. The maximum Gasteiger partial charge on any atom is 0.394 e. The van der Waals surface area contributed by atoms with Crippen molar-refractivity contribution in [3.63, 3.8) is 0 Å². The highest BCUT2D eigenvalue weighted by atomic mass is 32.3. The highest BCUT2D eigenvalue weighted by molar-refractivity contribution is 7.79. The molecule has 0 aliphatic carbocycles. The second-order valence-corrected chi connectivity index (χ2v) is 1.34. The van der Waals surface area contributed by atoms with Crippen LogP contribution in [0.2, 0.25) is 0 Å². The van der Waals surface area contributed by atoms with Gasteiger partial charge in [-0.25, -0.2) is 0 Å². The lowest BCUT2D eigenvalue weighted by atomic mass is 14.0. The summed E-state index contributed by atoms with van der Waals surface area (Å²) in [5.41, 5.74) is 0. The molecular formula is H15AlN2O6S. The Balaban J connectivity index is -0.00000000800. The molecule has 8 nitrogen and oxygen atoms in total. The van der Waals surface area contributed by atoms with Gasteiger partial charge < -0.3 is 23.3 Å². The topological polar surface area (TPSA) is 208 Å². The molecule has 0 aliphatic rings. The quantitative estimate of drug-likeness (QED) is 0.233. The normalized spacial score (nSPS) is 5.80. The molecule has 0 aromatic heterocycles. The molecule has 0 aliphatic heterocycles. The van der Waals surface area contributed by atoms with E-state index in [0.29, 0.717) is 0 Å². The first-order chi connectivity index (χ1) is 2.00. The monoisotopic (exact) mass is 198 g/mol. The Morgan fingerprint density at radius 1 is 0.900 bits per heavy atom. The fourth-order valence-electron chi connectivity index (χ4n) is 0. The molecule has 70 valence electrons. The summed E-state index contributed by atoms with van der Waals surface area (Å²) >= 11 is 0. The average Bonchev–Trinajstić information content (AvgIpc) is 0.722. The van der Waals surface area contributed by atoms with Crippen LogP contribution in [0.25, 0.3) is 0 Å². The number of rotatable bonds is 0. The molecule has 10 heavy (non-hydrogen) atoms. The van der Waals surface area contributed by atoms with Crippen LogP contribution in [-0.4, -0.2) is 45.8 Å². The highest BCUT2D eigenvalue weighted by Crippen LogP contribution is 1.59. The van der Waals surface area contributed by atoms with Gasteiger partial charge in [-0.05, 0) is 0 Å². The van der Waals surface area contributed by atoms with Crippen molar-refractivity contribution >= 4 is 27.8 Å². The minimum Gasteiger partial charge on any atom is -0.412 e. The van der Waals surface area contributed by atoms with Crippen LogP contribution in [-0.2, 0) is 10.4 Å². The molecule has 12 N–H and O–H groups in total. The molecule has 0 aromatic carbocycles. The summed E-state index contributed by atoms with van der Waals surface area (Å²) in [5.74, 6) is 0. The molecule has 0 atom stereocenters. The first kappa shape index (κ1) is 48.6. The van der Waals surface area contributed by atoms with Crippen molar-refractivity contribution in [1.82, 2.24) is 12.3 Å². The van der Waals surface area contributed by atoms with E-state index in [1.807, 2.05) is 0 Å². The summed E-state index contributed by atoms with van der Waals surface area (Å²) in [4.78, 5) is 0. The Kier molecular flexibility index (Phi) is 78.3. The maximum absolute atomic E-state index is 8.74. The fraction of sp³-hybridized carbons (Fsp3) is 0. The Labute approximate surface area is 69.1 Å². The lowest BCUT2D eigenvalue weighted by Crippen LogP contribution is -1.89. The first-order valence-electron chi connectivity index (χ1n) is 0.698. The summed E-state index contributed by atoms with van der Waals surface area (Å²) < 4.78 is 31.6. The van der Waals surface area contributed by atoms with Crippen LogP contribution in [0, 0.1) is 0 Å². The Morgan fingerprint density at radius 2 is 0.900 bits per heavy atom. The van der Waals surface area contributed by atoms with Crippen LogP contribution in [0.1, 0.15) is 0 Å². The van der Waals surface area contributed by atoms with E-state index in [0.717, 1.165) is 0 Å². The van der Waals surface area contributed by atoms with Gasteiger partial charge in [0.15, 0.2) is 17.4 Å². The lowest BCUT2D eigenvalue weighted by Gasteiger charge is -1.68. The van der Waals surface area contributed by atoms with Crippen molar-refractivity contribution in [1.29, 1.82) is 0 Å². The Hall–Kier alpha value is 0.242. The van der Waals surface area contributed by atoms with Gasteiger partial charge in [0.2, 0.25) is 0 Å². The molecule has 0 unspecified atom stereocenters. The molecule has 0 spiro atoms. The molecule has 0 fully saturated rings. The average molecular weight is 198 g/mol. The van der Waals surface area contributed by atoms with Crippen LogP contribution in [0.4, 0.5) is 0 Å². The lowest BCUT2D eigenvalue weighted by molar-refractivity contribution is 0.381. The molecule has 0 saturated heterocycles. The zero-order chi connectivity index (χ0) is 4.50. The Morgan fingerprint density at radius 3 is 0.900 bits per heavy atom. The summed E-state index contributed by atoms with van der Waals surface area (Å²) in [5, 5.41) is 0. The van der Waals surface area contributed by atoms with Crippen molar-refractivity contribution in [2.24, 2.45) is 0 Å². The third kappa shape index (κ3) is 7350. The van der Waals surface area contributed by atoms with Gasteiger partial charge in [-0.15, -0.1) is 0 Å². The molecule has 0 bridgehead atoms. The second kappa shape index (κ2) is 16.1. The van der Waals surface area contributed by atoms with Crippen molar-refractivity contribution in [2.45, 2.75) is 0 Å². The van der Waals surface area contributed by atoms with Gasteiger partial charge >= 0.3 is 10.4 Å². The standard InChI is InChI=1S/Al.2H3N.H2O4S.2H2O.3H/c;;;1-5(2,3)4;;;;;/h;2*1H3;(H2,1,2,3,4);2*1H2;;;. The van der Waals surface area contributed by atoms with Crippen molar-refractivity contribution in [3.05, 3.63) is 0 Å². The summed E-state index contributed by atoms with van der Waals surface area (Å²) in [6.07, 6.45) is 0. The Bertz CT molecular complexity index is 98.9. The minimum absolute atomic E-state index is 0. The van der Waals surface area contributed by atoms with Gasteiger partial charge in [0.1, 0.15) is 0 Å². The van der Waals surface area contributed by atoms with Gasteiger partial charge in [0.25, 0.3) is 0 Å². The zero-order valence-electron chi connectivity index (χ0n) is 4.53. The molecule has 0 radical (unpaired) electrons. The first-order valence-corrected chi connectivity index (χ1v) is 2.10. The van der Waals surface area contributed by atoms with Gasteiger partial charge in [0, 0.05) is 0 Å². The number of hydrogen-bond donors (Lipinski definition) is 4. The largest absolute Gasteiger partial charge is 0.412 e. The highest BCUT2D eigenvalue weighted by Gasteiger charge is 1.84. The van der Waals surface area contributed by atoms with Crippen LogP contribution in [0.5, 0.6) is 0 Å². The maximum atomic E-state index is 8.74. The van der Waals surface area contributed by atoms with Gasteiger partial charge in [-0.1, -0.05) is 0 Å². The van der Waals surface area contributed by atoms with E-state index < -0.39 is 10.4 Å². The van der Waals surface area contributed by atoms with Crippen molar-refractivity contribution in [3.8, 4) is 0 Å². The molecule has 0 heterocycles. The van der Waals surface area contributed by atoms with E-state index in [4.69, 9.17) is 17.5 Å². The van der Waals surface area contributed by atoms with E-state index in [-0.39, 0.29) is 40.6 Å². The third-order valence-electron chi connectivity index (χ3n) is 0.